The molecule has 2 rings (SSSR count). The quantitative estimate of drug-likeness (QED) is 0.669. The Hall–Kier alpha value is -0.160. The van der Waals surface area contributed by atoms with Gasteiger partial charge < -0.3 is 19.9 Å². The number of hydrogen-bond donors (Lipinski definition) is 2. The van der Waals surface area contributed by atoms with Crippen LogP contribution in [-0.2, 0) is 9.47 Å². The molecular weight excluding hydrogens is 206 g/mol. The van der Waals surface area contributed by atoms with Crippen LogP contribution in [0.15, 0.2) is 0 Å². The molecule has 0 heterocycles. The van der Waals surface area contributed by atoms with Crippen molar-refractivity contribution < 1.29 is 14.6 Å². The van der Waals surface area contributed by atoms with Gasteiger partial charge in [-0.3, -0.25) is 0 Å². The van der Waals surface area contributed by atoms with Crippen LogP contribution in [0.3, 0.4) is 0 Å². The van der Waals surface area contributed by atoms with Crippen LogP contribution in [0.4, 0.5) is 0 Å². The monoisotopic (exact) mass is 229 g/mol. The number of methoxy groups -OCH3 is 1. The third kappa shape index (κ3) is 2.74. The summed E-state index contributed by atoms with van der Waals surface area (Å²) >= 11 is 0. The molecule has 0 aromatic heterocycles. The van der Waals surface area contributed by atoms with Gasteiger partial charge in [-0.25, -0.2) is 0 Å². The molecular formula is C12H23NO3. The number of nitrogens with one attached hydrogen (secondary N) is 1. The fourth-order valence-electron chi connectivity index (χ4n) is 2.39. The van der Waals surface area contributed by atoms with E-state index in [-0.39, 0.29) is 18.3 Å². The molecule has 4 nitrogen and oxygen atoms in total. The Morgan fingerprint density at radius 2 is 2.19 bits per heavy atom. The van der Waals surface area contributed by atoms with Crippen LogP contribution >= 0.6 is 0 Å². The Bertz CT molecular complexity index is 220. The van der Waals surface area contributed by atoms with Gasteiger partial charge >= 0.3 is 0 Å². The number of aliphatic hydroxyl groups excluding tert-OH is 1. The van der Waals surface area contributed by atoms with Gasteiger partial charge in [0.05, 0.1) is 18.3 Å². The lowest BCUT2D eigenvalue weighted by Crippen LogP contribution is -2.60. The van der Waals surface area contributed by atoms with E-state index in [1.54, 1.807) is 7.11 Å². The highest BCUT2D eigenvalue weighted by atomic mass is 16.5. The molecule has 2 aliphatic rings. The second-order valence-electron chi connectivity index (χ2n) is 4.85. The van der Waals surface area contributed by atoms with Crippen molar-refractivity contribution in [3.63, 3.8) is 0 Å². The lowest BCUT2D eigenvalue weighted by Gasteiger charge is -2.43. The van der Waals surface area contributed by atoms with Crippen LogP contribution < -0.4 is 5.32 Å². The lowest BCUT2D eigenvalue weighted by atomic mass is 9.85. The second-order valence-corrected chi connectivity index (χ2v) is 4.85. The van der Waals surface area contributed by atoms with Crippen molar-refractivity contribution in [1.29, 1.82) is 0 Å². The van der Waals surface area contributed by atoms with Crippen molar-refractivity contribution >= 4 is 0 Å². The van der Waals surface area contributed by atoms with Gasteiger partial charge in [-0.15, -0.1) is 0 Å². The molecule has 0 saturated heterocycles. The van der Waals surface area contributed by atoms with Crippen molar-refractivity contribution in [2.75, 3.05) is 20.3 Å². The summed E-state index contributed by atoms with van der Waals surface area (Å²) in [5.41, 5.74) is 0. The molecule has 4 unspecified atom stereocenters. The number of hydrogen-bond acceptors (Lipinski definition) is 4. The molecule has 2 saturated carbocycles. The molecule has 16 heavy (non-hydrogen) atoms. The van der Waals surface area contributed by atoms with Crippen molar-refractivity contribution in [2.24, 2.45) is 5.92 Å². The minimum atomic E-state index is -0.177. The van der Waals surface area contributed by atoms with E-state index < -0.39 is 0 Å². The lowest BCUT2D eigenvalue weighted by molar-refractivity contribution is -0.132. The predicted molar refractivity (Wildman–Crippen MR) is 61.3 cm³/mol. The summed E-state index contributed by atoms with van der Waals surface area (Å²) in [4.78, 5) is 0. The zero-order chi connectivity index (χ0) is 11.5. The third-order valence-electron chi connectivity index (χ3n) is 3.66. The molecule has 0 aromatic carbocycles. The first-order chi connectivity index (χ1) is 7.76. The topological polar surface area (TPSA) is 50.7 Å². The van der Waals surface area contributed by atoms with Gasteiger partial charge in [0.2, 0.25) is 0 Å². The van der Waals surface area contributed by atoms with Crippen LogP contribution in [0.25, 0.3) is 0 Å². The number of rotatable bonds is 7. The van der Waals surface area contributed by atoms with E-state index in [4.69, 9.17) is 9.47 Å². The number of aliphatic hydroxyl groups is 1. The highest BCUT2D eigenvalue weighted by Gasteiger charge is 2.42. The van der Waals surface area contributed by atoms with Gasteiger partial charge in [0, 0.05) is 26.3 Å². The van der Waals surface area contributed by atoms with Crippen LogP contribution in [0, 0.1) is 5.92 Å². The Kier molecular flexibility index (Phi) is 4.19. The van der Waals surface area contributed by atoms with Gasteiger partial charge in [-0.1, -0.05) is 0 Å². The minimum Gasteiger partial charge on any atom is -0.392 e. The molecule has 4 heteroatoms. The van der Waals surface area contributed by atoms with E-state index in [0.29, 0.717) is 18.5 Å². The molecule has 4 atom stereocenters. The average Bonchev–Trinajstić information content (AvgIpc) is 3.06. The first kappa shape index (κ1) is 12.3. The first-order valence-corrected chi connectivity index (χ1v) is 6.32. The maximum Gasteiger partial charge on any atom is 0.0986 e. The predicted octanol–water partition coefficient (Wildman–Crippen LogP) is 0.539. The zero-order valence-electron chi connectivity index (χ0n) is 10.2. The molecule has 2 fully saturated rings. The van der Waals surface area contributed by atoms with Crippen LogP contribution in [0.5, 0.6) is 0 Å². The van der Waals surface area contributed by atoms with Crippen molar-refractivity contribution in [3.05, 3.63) is 0 Å². The summed E-state index contributed by atoms with van der Waals surface area (Å²) in [6.45, 7) is 3.43. The summed E-state index contributed by atoms with van der Waals surface area (Å²) in [7, 11) is 1.72. The summed E-state index contributed by atoms with van der Waals surface area (Å²) in [6, 6.07) is 0.343. The molecule has 0 spiro atoms. The molecule has 0 bridgehead atoms. The summed E-state index contributed by atoms with van der Waals surface area (Å²) in [5.74, 6) is 0.538. The van der Waals surface area contributed by atoms with E-state index in [2.05, 4.69) is 5.32 Å². The van der Waals surface area contributed by atoms with Crippen LogP contribution in [0.2, 0.25) is 0 Å². The summed E-state index contributed by atoms with van der Waals surface area (Å²) in [5, 5.41) is 13.1. The van der Waals surface area contributed by atoms with Crippen molar-refractivity contribution in [2.45, 2.75) is 50.5 Å². The maximum atomic E-state index is 9.75. The van der Waals surface area contributed by atoms with Gasteiger partial charge in [-0.2, -0.15) is 0 Å². The van der Waals surface area contributed by atoms with E-state index >= 15 is 0 Å². The van der Waals surface area contributed by atoms with Crippen molar-refractivity contribution in [1.82, 2.24) is 5.32 Å². The second kappa shape index (κ2) is 5.45. The summed E-state index contributed by atoms with van der Waals surface area (Å²) < 4.78 is 11.0. The molecule has 0 aliphatic heterocycles. The summed E-state index contributed by atoms with van der Waals surface area (Å²) in [6.07, 6.45) is 3.55. The fraction of sp³-hybridized carbons (Fsp3) is 1.00. The molecule has 0 amide bonds. The normalized spacial score (nSPS) is 35.8. The first-order valence-electron chi connectivity index (χ1n) is 6.32. The molecule has 2 aliphatic carbocycles. The van der Waals surface area contributed by atoms with Gasteiger partial charge in [0.1, 0.15) is 0 Å². The van der Waals surface area contributed by atoms with Crippen molar-refractivity contribution in [3.8, 4) is 0 Å². The Balaban J connectivity index is 1.66. The largest absolute Gasteiger partial charge is 0.392 e. The Labute approximate surface area is 97.3 Å². The third-order valence-corrected chi connectivity index (χ3v) is 3.66. The van der Waals surface area contributed by atoms with E-state index in [1.165, 1.54) is 12.8 Å². The molecule has 94 valence electrons. The molecule has 0 radical (unpaired) electrons. The van der Waals surface area contributed by atoms with Gasteiger partial charge in [0.15, 0.2) is 0 Å². The maximum absolute atomic E-state index is 9.75. The Morgan fingerprint density at radius 3 is 2.75 bits per heavy atom. The average molecular weight is 229 g/mol. The van der Waals surface area contributed by atoms with E-state index in [9.17, 15) is 5.11 Å². The van der Waals surface area contributed by atoms with Crippen LogP contribution in [0.1, 0.15) is 26.2 Å². The highest BCUT2D eigenvalue weighted by molar-refractivity contribution is 4.98. The zero-order valence-corrected chi connectivity index (χ0v) is 10.2. The van der Waals surface area contributed by atoms with E-state index in [0.717, 1.165) is 13.0 Å². The van der Waals surface area contributed by atoms with E-state index in [1.807, 2.05) is 6.92 Å². The molecule has 0 aromatic rings. The Morgan fingerprint density at radius 1 is 1.44 bits per heavy atom. The highest BCUT2D eigenvalue weighted by Crippen LogP contribution is 2.33. The fourth-order valence-corrected chi connectivity index (χ4v) is 2.39. The smallest absolute Gasteiger partial charge is 0.0986 e. The van der Waals surface area contributed by atoms with Gasteiger partial charge in [-0.05, 0) is 32.1 Å². The minimum absolute atomic E-state index is 0.145. The van der Waals surface area contributed by atoms with Gasteiger partial charge in [0.25, 0.3) is 0 Å². The van der Waals surface area contributed by atoms with Crippen LogP contribution in [-0.4, -0.2) is 49.7 Å². The number of ether oxygens (including phenoxy) is 2. The molecule has 2 N–H and O–H groups in total. The SMILES string of the molecule is CCOC1CC(NCC(O)C2CC2)C1OC. The standard InChI is InChI=1S/C12H23NO3/c1-3-16-11-6-9(12(11)15-2)13-7-10(14)8-4-5-8/h8-14H,3-7H2,1-2H3.